The largest absolute Gasteiger partial charge is 0.388 e. The molecule has 0 aliphatic carbocycles. The van der Waals surface area contributed by atoms with Crippen molar-refractivity contribution >= 4 is 39.0 Å². The summed E-state index contributed by atoms with van der Waals surface area (Å²) in [5.41, 5.74) is 7.22. The summed E-state index contributed by atoms with van der Waals surface area (Å²) >= 11 is 8.31. The highest BCUT2D eigenvalue weighted by Crippen LogP contribution is 2.15. The average molecular weight is 337 g/mol. The summed E-state index contributed by atoms with van der Waals surface area (Å²) in [6.45, 7) is 0.751. The lowest BCUT2D eigenvalue weighted by atomic mass is 10.2. The van der Waals surface area contributed by atoms with Crippen LogP contribution in [-0.2, 0) is 6.54 Å². The number of nitrogens with two attached hydrogens (primary N) is 1. The predicted octanol–water partition coefficient (Wildman–Crippen LogP) is 2.51. The highest BCUT2D eigenvalue weighted by Gasteiger charge is 2.06. The number of thiocarbonyl (C=S) groups is 1. The Hall–Kier alpha value is -1.53. The lowest BCUT2D eigenvalue weighted by Crippen LogP contribution is -2.19. The number of hydrogen-bond donors (Lipinski definition) is 1. The molecule has 2 N–H and O–H groups in total. The molecular weight excluding hydrogens is 324 g/mol. The maximum atomic E-state index is 5.49. The molecule has 0 amide bonds. The molecule has 0 fully saturated rings. The van der Waals surface area contributed by atoms with Crippen LogP contribution < -0.4 is 10.6 Å². The fraction of sp³-hybridized carbons (Fsp3) is 0.154. The summed E-state index contributed by atoms with van der Waals surface area (Å²) in [6.07, 6.45) is 3.27. The molecule has 1 aromatic carbocycles. The quantitative estimate of drug-likeness (QED) is 0.869. The van der Waals surface area contributed by atoms with Crippen molar-refractivity contribution in [1.29, 1.82) is 0 Å². The van der Waals surface area contributed by atoms with Gasteiger partial charge in [-0.15, -0.1) is 0 Å². The zero-order chi connectivity index (χ0) is 13.8. The van der Waals surface area contributed by atoms with Crippen molar-refractivity contribution in [2.24, 2.45) is 5.73 Å². The Labute approximate surface area is 125 Å². The van der Waals surface area contributed by atoms with Crippen LogP contribution in [0.2, 0.25) is 0 Å². The molecule has 98 valence electrons. The first-order chi connectivity index (χ1) is 9.06. The van der Waals surface area contributed by atoms with Crippen LogP contribution in [0, 0.1) is 0 Å². The third-order valence-electron chi connectivity index (χ3n) is 2.59. The molecule has 4 nitrogen and oxygen atoms in total. The molecule has 0 atom stereocenters. The average Bonchev–Trinajstić information content (AvgIpc) is 2.39. The SMILES string of the molecule is CN(Cc1cccc(Br)c1)c1cnc(C(N)=S)cn1. The molecule has 6 heteroatoms. The van der Waals surface area contributed by atoms with Crippen LogP contribution >= 0.6 is 28.1 Å². The van der Waals surface area contributed by atoms with Crippen molar-refractivity contribution in [3.63, 3.8) is 0 Å². The van der Waals surface area contributed by atoms with Crippen LogP contribution in [0.5, 0.6) is 0 Å². The molecule has 0 aliphatic heterocycles. The first-order valence-corrected chi connectivity index (χ1v) is 6.84. The molecule has 2 rings (SSSR count). The van der Waals surface area contributed by atoms with E-state index in [0.717, 1.165) is 16.8 Å². The van der Waals surface area contributed by atoms with Gasteiger partial charge < -0.3 is 10.6 Å². The van der Waals surface area contributed by atoms with Gasteiger partial charge in [-0.2, -0.15) is 0 Å². The maximum absolute atomic E-state index is 5.49. The zero-order valence-electron chi connectivity index (χ0n) is 10.4. The van der Waals surface area contributed by atoms with Gasteiger partial charge in [0, 0.05) is 18.1 Å². The number of aromatic nitrogens is 2. The first kappa shape index (κ1) is 13.9. The number of anilines is 1. The van der Waals surface area contributed by atoms with Gasteiger partial charge in [-0.25, -0.2) is 9.97 Å². The van der Waals surface area contributed by atoms with Gasteiger partial charge in [0.05, 0.1) is 12.4 Å². The second-order valence-corrected chi connectivity index (χ2v) is 5.47. The number of halogens is 1. The molecule has 0 bridgehead atoms. The minimum Gasteiger partial charge on any atom is -0.388 e. The normalized spacial score (nSPS) is 10.2. The molecule has 0 saturated heterocycles. The molecule has 2 aromatic rings. The minimum atomic E-state index is 0.258. The van der Waals surface area contributed by atoms with Crippen molar-refractivity contribution in [2.75, 3.05) is 11.9 Å². The van der Waals surface area contributed by atoms with Crippen LogP contribution in [0.3, 0.4) is 0 Å². The number of hydrogen-bond acceptors (Lipinski definition) is 4. The van der Waals surface area contributed by atoms with E-state index in [2.05, 4.69) is 38.0 Å². The van der Waals surface area contributed by atoms with Gasteiger partial charge in [-0.1, -0.05) is 40.3 Å². The van der Waals surface area contributed by atoms with E-state index in [9.17, 15) is 0 Å². The first-order valence-electron chi connectivity index (χ1n) is 5.63. The maximum Gasteiger partial charge on any atom is 0.147 e. The molecule has 1 heterocycles. The van der Waals surface area contributed by atoms with Crippen molar-refractivity contribution < 1.29 is 0 Å². The van der Waals surface area contributed by atoms with Crippen LogP contribution in [0.4, 0.5) is 5.82 Å². The number of nitrogens with zero attached hydrogens (tertiary/aromatic N) is 3. The monoisotopic (exact) mass is 336 g/mol. The second kappa shape index (κ2) is 6.08. The van der Waals surface area contributed by atoms with E-state index in [0.29, 0.717) is 5.69 Å². The predicted molar refractivity (Wildman–Crippen MR) is 84.2 cm³/mol. The Balaban J connectivity index is 2.11. The van der Waals surface area contributed by atoms with E-state index < -0.39 is 0 Å². The fourth-order valence-corrected chi connectivity index (χ4v) is 2.19. The van der Waals surface area contributed by atoms with Gasteiger partial charge in [0.15, 0.2) is 0 Å². The van der Waals surface area contributed by atoms with E-state index >= 15 is 0 Å². The molecule has 0 radical (unpaired) electrons. The molecule has 1 aromatic heterocycles. The summed E-state index contributed by atoms with van der Waals surface area (Å²) in [4.78, 5) is 10.8. The Morgan fingerprint density at radius 2 is 2.16 bits per heavy atom. The minimum absolute atomic E-state index is 0.258. The number of benzene rings is 1. The second-order valence-electron chi connectivity index (χ2n) is 4.11. The van der Waals surface area contributed by atoms with Crippen molar-refractivity contribution in [2.45, 2.75) is 6.54 Å². The summed E-state index contributed by atoms with van der Waals surface area (Å²) in [6, 6.07) is 8.15. The topological polar surface area (TPSA) is 55.0 Å². The summed E-state index contributed by atoms with van der Waals surface area (Å²) in [5, 5.41) is 0. The van der Waals surface area contributed by atoms with E-state index in [1.54, 1.807) is 12.4 Å². The summed E-state index contributed by atoms with van der Waals surface area (Å²) in [5.74, 6) is 0.778. The van der Waals surface area contributed by atoms with Gasteiger partial charge in [0.1, 0.15) is 16.5 Å². The Morgan fingerprint density at radius 1 is 1.37 bits per heavy atom. The number of rotatable bonds is 4. The third-order valence-corrected chi connectivity index (χ3v) is 3.29. The molecule has 19 heavy (non-hydrogen) atoms. The smallest absolute Gasteiger partial charge is 0.147 e. The van der Waals surface area contributed by atoms with E-state index in [-0.39, 0.29) is 4.99 Å². The van der Waals surface area contributed by atoms with Crippen molar-refractivity contribution in [1.82, 2.24) is 9.97 Å². The lowest BCUT2D eigenvalue weighted by Gasteiger charge is -2.18. The molecule has 0 spiro atoms. The van der Waals surface area contributed by atoms with Crippen LogP contribution in [0.15, 0.2) is 41.1 Å². The van der Waals surface area contributed by atoms with Gasteiger partial charge in [-0.3, -0.25) is 0 Å². The van der Waals surface area contributed by atoms with Crippen LogP contribution in [-0.4, -0.2) is 22.0 Å². The van der Waals surface area contributed by atoms with Crippen LogP contribution in [0.25, 0.3) is 0 Å². The summed E-state index contributed by atoms with van der Waals surface area (Å²) in [7, 11) is 1.96. The highest BCUT2D eigenvalue weighted by atomic mass is 79.9. The fourth-order valence-electron chi connectivity index (χ4n) is 1.64. The Bertz CT molecular complexity index is 585. The van der Waals surface area contributed by atoms with Gasteiger partial charge >= 0.3 is 0 Å². The van der Waals surface area contributed by atoms with Crippen LogP contribution in [0.1, 0.15) is 11.3 Å². The summed E-state index contributed by atoms with van der Waals surface area (Å²) < 4.78 is 1.06. The third kappa shape index (κ3) is 3.71. The van der Waals surface area contributed by atoms with Gasteiger partial charge in [0.2, 0.25) is 0 Å². The van der Waals surface area contributed by atoms with E-state index in [4.69, 9.17) is 18.0 Å². The lowest BCUT2D eigenvalue weighted by molar-refractivity contribution is 0.888. The molecule has 0 saturated carbocycles. The van der Waals surface area contributed by atoms with Crippen molar-refractivity contribution in [3.05, 3.63) is 52.4 Å². The standard InChI is InChI=1S/C13H13BrN4S/c1-18(8-9-3-2-4-10(14)5-9)12-7-16-11(6-17-12)13(15)19/h2-7H,8H2,1H3,(H2,15,19). The molecule has 0 aliphatic rings. The van der Waals surface area contributed by atoms with Gasteiger partial charge in [0.25, 0.3) is 0 Å². The van der Waals surface area contributed by atoms with E-state index in [1.807, 2.05) is 24.1 Å². The van der Waals surface area contributed by atoms with E-state index in [1.165, 1.54) is 5.56 Å². The Morgan fingerprint density at radius 3 is 2.74 bits per heavy atom. The zero-order valence-corrected chi connectivity index (χ0v) is 12.8. The molecular formula is C13H13BrN4S. The molecule has 0 unspecified atom stereocenters. The highest BCUT2D eigenvalue weighted by molar-refractivity contribution is 9.10. The van der Waals surface area contributed by atoms with Gasteiger partial charge in [-0.05, 0) is 17.7 Å². The van der Waals surface area contributed by atoms with Crippen molar-refractivity contribution in [3.8, 4) is 0 Å². The Kier molecular flexibility index (Phi) is 4.44.